The number of hydrogen-bond donors (Lipinski definition) is 2. The van der Waals surface area contributed by atoms with E-state index in [2.05, 4.69) is 5.16 Å². The first-order valence-electron chi connectivity index (χ1n) is 6.29. The van der Waals surface area contributed by atoms with E-state index in [-0.39, 0.29) is 5.84 Å². The SMILES string of the molecule is CCc1cc(Oc2ccc(C(N)=NO)cc2Cl)ccc1Cl. The van der Waals surface area contributed by atoms with Crippen molar-refractivity contribution in [3.05, 3.63) is 57.6 Å². The Balaban J connectivity index is 2.28. The fourth-order valence-corrected chi connectivity index (χ4v) is 2.28. The lowest BCUT2D eigenvalue weighted by molar-refractivity contribution is 0.318. The van der Waals surface area contributed by atoms with E-state index < -0.39 is 0 Å². The predicted octanol–water partition coefficient (Wildman–Crippen LogP) is 4.44. The van der Waals surface area contributed by atoms with Gasteiger partial charge in [-0.3, -0.25) is 0 Å². The lowest BCUT2D eigenvalue weighted by Crippen LogP contribution is -2.12. The van der Waals surface area contributed by atoms with Gasteiger partial charge in [0.25, 0.3) is 0 Å². The minimum atomic E-state index is -0.0109. The van der Waals surface area contributed by atoms with Crippen molar-refractivity contribution in [1.29, 1.82) is 0 Å². The van der Waals surface area contributed by atoms with Crippen LogP contribution in [0.4, 0.5) is 0 Å². The van der Waals surface area contributed by atoms with Crippen molar-refractivity contribution in [2.45, 2.75) is 13.3 Å². The van der Waals surface area contributed by atoms with Crippen molar-refractivity contribution >= 4 is 29.0 Å². The van der Waals surface area contributed by atoms with Gasteiger partial charge in [-0.15, -0.1) is 0 Å². The van der Waals surface area contributed by atoms with Crippen LogP contribution in [0.2, 0.25) is 10.0 Å². The molecule has 3 N–H and O–H groups in total. The van der Waals surface area contributed by atoms with E-state index in [1.807, 2.05) is 13.0 Å². The minimum absolute atomic E-state index is 0.0109. The monoisotopic (exact) mass is 324 g/mol. The third-order valence-electron chi connectivity index (χ3n) is 2.96. The van der Waals surface area contributed by atoms with E-state index in [0.29, 0.717) is 27.1 Å². The molecule has 0 aliphatic rings. The number of rotatable bonds is 4. The van der Waals surface area contributed by atoms with Crippen LogP contribution < -0.4 is 10.5 Å². The highest BCUT2D eigenvalue weighted by Crippen LogP contribution is 2.32. The molecule has 0 heterocycles. The molecule has 110 valence electrons. The summed E-state index contributed by atoms with van der Waals surface area (Å²) < 4.78 is 5.74. The molecule has 4 nitrogen and oxygen atoms in total. The molecule has 2 aromatic rings. The highest BCUT2D eigenvalue weighted by Gasteiger charge is 2.08. The molecular weight excluding hydrogens is 311 g/mol. The second kappa shape index (κ2) is 6.70. The maximum Gasteiger partial charge on any atom is 0.170 e. The van der Waals surface area contributed by atoms with Crippen LogP contribution in [0.25, 0.3) is 0 Å². The van der Waals surface area contributed by atoms with E-state index in [9.17, 15) is 0 Å². The summed E-state index contributed by atoms with van der Waals surface area (Å²) in [6.45, 7) is 2.02. The Labute approximate surface area is 132 Å². The van der Waals surface area contributed by atoms with Gasteiger partial charge in [-0.25, -0.2) is 0 Å². The molecular formula is C15H14Cl2N2O2. The van der Waals surface area contributed by atoms with Crippen LogP contribution in [-0.2, 0) is 6.42 Å². The zero-order valence-electron chi connectivity index (χ0n) is 11.3. The zero-order chi connectivity index (χ0) is 15.4. The number of halogens is 2. The Hall–Kier alpha value is -1.91. The van der Waals surface area contributed by atoms with Gasteiger partial charge >= 0.3 is 0 Å². The highest BCUT2D eigenvalue weighted by atomic mass is 35.5. The van der Waals surface area contributed by atoms with Crippen molar-refractivity contribution in [2.24, 2.45) is 10.9 Å². The summed E-state index contributed by atoms with van der Waals surface area (Å²) in [5, 5.41) is 12.6. The Kier molecular flexibility index (Phi) is 4.94. The summed E-state index contributed by atoms with van der Waals surface area (Å²) in [6, 6.07) is 10.3. The first-order chi connectivity index (χ1) is 10.0. The van der Waals surface area contributed by atoms with E-state index >= 15 is 0 Å². The van der Waals surface area contributed by atoms with E-state index in [4.69, 9.17) is 38.9 Å². The molecule has 0 aliphatic heterocycles. The topological polar surface area (TPSA) is 67.8 Å². The van der Waals surface area contributed by atoms with E-state index in [1.165, 1.54) is 0 Å². The van der Waals surface area contributed by atoms with E-state index in [1.54, 1.807) is 30.3 Å². The third kappa shape index (κ3) is 3.60. The lowest BCUT2D eigenvalue weighted by Gasteiger charge is -2.10. The van der Waals surface area contributed by atoms with Crippen molar-refractivity contribution in [1.82, 2.24) is 0 Å². The van der Waals surface area contributed by atoms with Crippen LogP contribution in [-0.4, -0.2) is 11.0 Å². The molecule has 2 aromatic carbocycles. The standard InChI is InChI=1S/C15H14Cl2N2O2/c1-2-9-7-11(4-5-12(9)16)21-14-6-3-10(8-13(14)17)15(18)19-20/h3-8,20H,2H2,1H3,(H2,18,19). The van der Waals surface area contributed by atoms with Gasteiger partial charge in [0.15, 0.2) is 5.84 Å². The Morgan fingerprint density at radius 1 is 1.19 bits per heavy atom. The molecule has 0 unspecified atom stereocenters. The van der Waals surface area contributed by atoms with Gasteiger partial charge in [-0.2, -0.15) is 0 Å². The number of amidine groups is 1. The minimum Gasteiger partial charge on any atom is -0.456 e. The summed E-state index contributed by atoms with van der Waals surface area (Å²) in [7, 11) is 0. The van der Waals surface area contributed by atoms with Crippen LogP contribution in [0, 0.1) is 0 Å². The quantitative estimate of drug-likeness (QED) is 0.378. The molecule has 0 bridgehead atoms. The first-order valence-corrected chi connectivity index (χ1v) is 7.04. The number of nitrogens with two attached hydrogens (primary N) is 1. The molecule has 0 aromatic heterocycles. The molecule has 2 rings (SSSR count). The lowest BCUT2D eigenvalue weighted by atomic mass is 10.1. The molecule has 0 spiro atoms. The van der Waals surface area contributed by atoms with Crippen LogP contribution >= 0.6 is 23.2 Å². The van der Waals surface area contributed by atoms with Crippen molar-refractivity contribution < 1.29 is 9.94 Å². The van der Waals surface area contributed by atoms with Gasteiger partial charge in [-0.1, -0.05) is 35.3 Å². The Morgan fingerprint density at radius 2 is 1.95 bits per heavy atom. The fraction of sp³-hybridized carbons (Fsp3) is 0.133. The van der Waals surface area contributed by atoms with Crippen LogP contribution in [0.15, 0.2) is 41.6 Å². The maximum atomic E-state index is 8.64. The maximum absolute atomic E-state index is 8.64. The number of nitrogens with zero attached hydrogens (tertiary/aromatic N) is 1. The largest absolute Gasteiger partial charge is 0.456 e. The van der Waals surface area contributed by atoms with Gasteiger partial charge < -0.3 is 15.7 Å². The summed E-state index contributed by atoms with van der Waals surface area (Å²) >= 11 is 12.2. The zero-order valence-corrected chi connectivity index (χ0v) is 12.8. The Bertz CT molecular complexity index is 687. The molecule has 0 amide bonds. The van der Waals surface area contributed by atoms with Gasteiger partial charge in [0.05, 0.1) is 5.02 Å². The van der Waals surface area contributed by atoms with Crippen LogP contribution in [0.3, 0.4) is 0 Å². The number of benzene rings is 2. The van der Waals surface area contributed by atoms with E-state index in [0.717, 1.165) is 12.0 Å². The fourth-order valence-electron chi connectivity index (χ4n) is 1.81. The summed E-state index contributed by atoms with van der Waals surface area (Å²) in [5.41, 5.74) is 7.02. The summed E-state index contributed by atoms with van der Waals surface area (Å²) in [4.78, 5) is 0. The number of aryl methyl sites for hydroxylation is 1. The molecule has 6 heteroatoms. The van der Waals surface area contributed by atoms with Crippen molar-refractivity contribution in [3.8, 4) is 11.5 Å². The van der Waals surface area contributed by atoms with Crippen molar-refractivity contribution in [2.75, 3.05) is 0 Å². The molecule has 21 heavy (non-hydrogen) atoms. The van der Waals surface area contributed by atoms with Gasteiger partial charge in [-0.05, 0) is 48.4 Å². The van der Waals surface area contributed by atoms with Gasteiger partial charge in [0.2, 0.25) is 0 Å². The number of hydrogen-bond acceptors (Lipinski definition) is 3. The normalized spacial score (nSPS) is 11.5. The van der Waals surface area contributed by atoms with Gasteiger partial charge in [0.1, 0.15) is 11.5 Å². The smallest absolute Gasteiger partial charge is 0.170 e. The second-order valence-electron chi connectivity index (χ2n) is 4.34. The predicted molar refractivity (Wildman–Crippen MR) is 84.9 cm³/mol. The number of ether oxygens (including phenoxy) is 1. The molecule has 0 radical (unpaired) electrons. The average Bonchev–Trinajstić information content (AvgIpc) is 2.50. The summed E-state index contributed by atoms with van der Waals surface area (Å²) in [5.74, 6) is 1.12. The van der Waals surface area contributed by atoms with Gasteiger partial charge in [0, 0.05) is 10.6 Å². The van der Waals surface area contributed by atoms with Crippen molar-refractivity contribution in [3.63, 3.8) is 0 Å². The average molecular weight is 325 g/mol. The molecule has 0 saturated carbocycles. The third-order valence-corrected chi connectivity index (χ3v) is 3.63. The molecule has 0 aliphatic carbocycles. The van der Waals surface area contributed by atoms with Crippen LogP contribution in [0.5, 0.6) is 11.5 Å². The highest BCUT2D eigenvalue weighted by molar-refractivity contribution is 6.32. The first kappa shape index (κ1) is 15.5. The molecule has 0 saturated heterocycles. The summed E-state index contributed by atoms with van der Waals surface area (Å²) in [6.07, 6.45) is 0.812. The second-order valence-corrected chi connectivity index (χ2v) is 5.15. The number of oxime groups is 1. The van der Waals surface area contributed by atoms with Crippen LogP contribution in [0.1, 0.15) is 18.1 Å². The molecule has 0 fully saturated rings. The Morgan fingerprint density at radius 3 is 2.57 bits per heavy atom. The molecule has 0 atom stereocenters.